The topological polar surface area (TPSA) is 86.8 Å². The Hall–Kier alpha value is -3.65. The number of nitrogens with one attached hydrogen (secondary N) is 1. The van der Waals surface area contributed by atoms with Gasteiger partial charge in [0.25, 0.3) is 10.0 Å². The van der Waals surface area contributed by atoms with Gasteiger partial charge in [0.1, 0.15) is 12.6 Å². The lowest BCUT2D eigenvalue weighted by molar-refractivity contribution is -0.140. The van der Waals surface area contributed by atoms with Crippen LogP contribution in [0.15, 0.2) is 77.7 Å². The molecule has 0 spiro atoms. The number of carbonyl (C=O) groups excluding carboxylic acids is 2. The van der Waals surface area contributed by atoms with Gasteiger partial charge in [-0.3, -0.25) is 13.9 Å². The average Bonchev–Trinajstić information content (AvgIpc) is 2.92. The summed E-state index contributed by atoms with van der Waals surface area (Å²) in [6.45, 7) is 11.3. The van der Waals surface area contributed by atoms with E-state index in [0.717, 1.165) is 33.0 Å². The minimum absolute atomic E-state index is 0.0527. The molecule has 3 rings (SSSR count). The van der Waals surface area contributed by atoms with Crippen molar-refractivity contribution in [2.45, 2.75) is 77.9 Å². The summed E-state index contributed by atoms with van der Waals surface area (Å²) in [7, 11) is -4.09. The second kappa shape index (κ2) is 13.6. The number of rotatable bonds is 12. The van der Waals surface area contributed by atoms with Gasteiger partial charge in [-0.05, 0) is 81.5 Å². The lowest BCUT2D eigenvalue weighted by atomic mass is 10.1. The number of hydrogen-bond donors (Lipinski definition) is 1. The van der Waals surface area contributed by atoms with E-state index in [4.69, 9.17) is 0 Å². The molecule has 214 valence electrons. The van der Waals surface area contributed by atoms with Crippen LogP contribution in [0.1, 0.15) is 55.9 Å². The highest BCUT2D eigenvalue weighted by molar-refractivity contribution is 7.92. The summed E-state index contributed by atoms with van der Waals surface area (Å²) in [4.78, 5) is 29.1. The van der Waals surface area contributed by atoms with Crippen molar-refractivity contribution in [1.82, 2.24) is 10.2 Å². The molecule has 0 saturated heterocycles. The minimum Gasteiger partial charge on any atom is -0.352 e. The number of amides is 2. The van der Waals surface area contributed by atoms with Crippen molar-refractivity contribution < 1.29 is 18.0 Å². The fraction of sp³-hybridized carbons (Fsp3) is 0.375. The van der Waals surface area contributed by atoms with Crippen LogP contribution in [0.5, 0.6) is 0 Å². The largest absolute Gasteiger partial charge is 0.352 e. The molecular weight excluding hydrogens is 522 g/mol. The molecule has 2 atom stereocenters. The quantitative estimate of drug-likeness (QED) is 0.314. The number of aryl methyl sites for hydroxylation is 3. The van der Waals surface area contributed by atoms with Gasteiger partial charge >= 0.3 is 0 Å². The van der Waals surface area contributed by atoms with Crippen LogP contribution in [0.4, 0.5) is 5.69 Å². The fourth-order valence-electron chi connectivity index (χ4n) is 4.59. The number of carbonyl (C=O) groups is 2. The van der Waals surface area contributed by atoms with Crippen LogP contribution in [0.3, 0.4) is 0 Å². The first-order chi connectivity index (χ1) is 19.0. The van der Waals surface area contributed by atoms with E-state index in [1.807, 2.05) is 71.9 Å². The second-order valence-electron chi connectivity index (χ2n) is 10.4. The molecular formula is C32H41N3O4S. The number of sulfonamides is 1. The standard InChI is InChI=1S/C32H41N3O4S/c1-7-26(6)33-32(37)30(8-2)34(21-27-16-14-23(3)15-17-27)31(36)22-35(28-19-24(4)18-25(5)20-28)40(38,39)29-12-10-9-11-13-29/h9-20,26,30H,7-8,21-22H2,1-6H3,(H,33,37)/t26-,30-/m1/s1. The van der Waals surface area contributed by atoms with Crippen molar-refractivity contribution in [2.75, 3.05) is 10.8 Å². The van der Waals surface area contributed by atoms with E-state index in [1.54, 1.807) is 30.3 Å². The molecule has 0 radical (unpaired) electrons. The van der Waals surface area contributed by atoms with Crippen LogP contribution >= 0.6 is 0 Å². The maximum atomic E-state index is 14.1. The zero-order chi connectivity index (χ0) is 29.4. The highest BCUT2D eigenvalue weighted by atomic mass is 32.2. The van der Waals surface area contributed by atoms with Gasteiger partial charge in [0.05, 0.1) is 10.6 Å². The molecule has 0 heterocycles. The van der Waals surface area contributed by atoms with Gasteiger partial charge in [-0.15, -0.1) is 0 Å². The third-order valence-corrected chi connectivity index (χ3v) is 8.75. The maximum Gasteiger partial charge on any atom is 0.264 e. The predicted molar refractivity (Wildman–Crippen MR) is 161 cm³/mol. The van der Waals surface area contributed by atoms with Crippen LogP contribution in [0.2, 0.25) is 0 Å². The summed E-state index contributed by atoms with van der Waals surface area (Å²) in [5, 5.41) is 3.00. The molecule has 0 unspecified atom stereocenters. The first kappa shape index (κ1) is 30.9. The van der Waals surface area contributed by atoms with Gasteiger partial charge in [-0.2, -0.15) is 0 Å². The monoisotopic (exact) mass is 563 g/mol. The van der Waals surface area contributed by atoms with Crippen molar-refractivity contribution in [3.63, 3.8) is 0 Å². The average molecular weight is 564 g/mol. The fourth-order valence-corrected chi connectivity index (χ4v) is 6.01. The lowest BCUT2D eigenvalue weighted by Crippen LogP contribution is -2.53. The zero-order valence-corrected chi connectivity index (χ0v) is 25.2. The first-order valence-electron chi connectivity index (χ1n) is 13.8. The Morgan fingerprint density at radius 1 is 0.825 bits per heavy atom. The minimum atomic E-state index is -4.09. The smallest absolute Gasteiger partial charge is 0.264 e. The van der Waals surface area contributed by atoms with Gasteiger partial charge in [-0.1, -0.05) is 67.9 Å². The SMILES string of the molecule is CC[C@@H](C)NC(=O)[C@@H](CC)N(Cc1ccc(C)cc1)C(=O)CN(c1cc(C)cc(C)c1)S(=O)(=O)c1ccccc1. The molecule has 0 fully saturated rings. The Balaban J connectivity index is 2.07. The molecule has 40 heavy (non-hydrogen) atoms. The van der Waals surface area contributed by atoms with Gasteiger partial charge < -0.3 is 10.2 Å². The third-order valence-electron chi connectivity index (χ3n) is 6.96. The second-order valence-corrected chi connectivity index (χ2v) is 12.3. The Morgan fingerprint density at radius 3 is 1.98 bits per heavy atom. The highest BCUT2D eigenvalue weighted by Gasteiger charge is 2.34. The molecule has 0 saturated carbocycles. The van der Waals surface area contributed by atoms with Gasteiger partial charge in [0, 0.05) is 12.6 Å². The summed E-state index contributed by atoms with van der Waals surface area (Å²) in [5.41, 5.74) is 4.11. The number of anilines is 1. The molecule has 0 aliphatic heterocycles. The molecule has 0 bridgehead atoms. The van der Waals surface area contributed by atoms with E-state index < -0.39 is 28.5 Å². The van der Waals surface area contributed by atoms with Crippen molar-refractivity contribution in [1.29, 1.82) is 0 Å². The molecule has 2 amide bonds. The van der Waals surface area contributed by atoms with Crippen LogP contribution in [0, 0.1) is 20.8 Å². The van der Waals surface area contributed by atoms with Crippen LogP contribution < -0.4 is 9.62 Å². The van der Waals surface area contributed by atoms with Gasteiger partial charge in [-0.25, -0.2) is 8.42 Å². The summed E-state index contributed by atoms with van der Waals surface area (Å²) in [6.07, 6.45) is 1.14. The van der Waals surface area contributed by atoms with Crippen molar-refractivity contribution in [3.05, 3.63) is 95.1 Å². The van der Waals surface area contributed by atoms with Crippen molar-refractivity contribution in [2.24, 2.45) is 0 Å². The molecule has 3 aromatic rings. The van der Waals surface area contributed by atoms with E-state index in [0.29, 0.717) is 12.1 Å². The highest BCUT2D eigenvalue weighted by Crippen LogP contribution is 2.27. The van der Waals surface area contributed by atoms with E-state index >= 15 is 0 Å². The van der Waals surface area contributed by atoms with Gasteiger partial charge in [0.15, 0.2) is 0 Å². The molecule has 0 aromatic heterocycles. The summed E-state index contributed by atoms with van der Waals surface area (Å²) < 4.78 is 29.0. The number of benzene rings is 3. The van der Waals surface area contributed by atoms with E-state index in [2.05, 4.69) is 5.32 Å². The molecule has 0 aliphatic rings. The number of nitrogens with zero attached hydrogens (tertiary/aromatic N) is 2. The third kappa shape index (κ3) is 7.72. The van der Waals surface area contributed by atoms with Crippen molar-refractivity contribution >= 4 is 27.5 Å². The zero-order valence-electron chi connectivity index (χ0n) is 24.3. The van der Waals surface area contributed by atoms with E-state index in [-0.39, 0.29) is 23.4 Å². The summed E-state index contributed by atoms with van der Waals surface area (Å²) >= 11 is 0. The lowest BCUT2D eigenvalue weighted by Gasteiger charge is -2.34. The van der Waals surface area contributed by atoms with Crippen LogP contribution in [-0.2, 0) is 26.2 Å². The Labute approximate surface area is 239 Å². The normalized spacial score (nSPS) is 12.8. The van der Waals surface area contributed by atoms with Crippen LogP contribution in [0.25, 0.3) is 0 Å². The Morgan fingerprint density at radius 2 is 1.43 bits per heavy atom. The first-order valence-corrected chi connectivity index (χ1v) is 15.2. The molecule has 7 nitrogen and oxygen atoms in total. The molecule has 1 N–H and O–H groups in total. The Kier molecular flexibility index (Phi) is 10.5. The molecule has 3 aromatic carbocycles. The van der Waals surface area contributed by atoms with Crippen LogP contribution in [-0.4, -0.2) is 43.8 Å². The predicted octanol–water partition coefficient (Wildman–Crippen LogP) is 5.53. The van der Waals surface area contributed by atoms with Gasteiger partial charge in [0.2, 0.25) is 11.8 Å². The summed E-state index contributed by atoms with van der Waals surface area (Å²) in [6, 6.07) is 20.5. The van der Waals surface area contributed by atoms with E-state index in [1.165, 1.54) is 17.0 Å². The number of hydrogen-bond acceptors (Lipinski definition) is 4. The molecule has 8 heteroatoms. The van der Waals surface area contributed by atoms with Crippen molar-refractivity contribution in [3.8, 4) is 0 Å². The Bertz CT molecular complexity index is 1390. The maximum absolute atomic E-state index is 14.1. The van der Waals surface area contributed by atoms with E-state index in [9.17, 15) is 18.0 Å². The summed E-state index contributed by atoms with van der Waals surface area (Å²) in [5.74, 6) is -0.702. The molecule has 0 aliphatic carbocycles.